The van der Waals surface area contributed by atoms with E-state index in [1.807, 2.05) is 0 Å². The summed E-state index contributed by atoms with van der Waals surface area (Å²) in [6.07, 6.45) is 16.9. The third kappa shape index (κ3) is 8.69. The van der Waals surface area contributed by atoms with Gasteiger partial charge < -0.3 is 4.43 Å². The molecule has 0 bridgehead atoms. The van der Waals surface area contributed by atoms with Crippen LogP contribution in [0.25, 0.3) is 0 Å². The zero-order valence-corrected chi connectivity index (χ0v) is 18.7. The first kappa shape index (κ1) is 21.9. The van der Waals surface area contributed by atoms with Crippen LogP contribution < -0.4 is 0 Å². The van der Waals surface area contributed by atoms with Crippen LogP contribution in [0.3, 0.4) is 0 Å². The van der Waals surface area contributed by atoms with Gasteiger partial charge in [0.25, 0.3) is 0 Å². The predicted octanol–water partition coefficient (Wildman–Crippen LogP) is 7.37. The molecular formula is C23H38OSi. The molecule has 140 valence electrons. The third-order valence-electron chi connectivity index (χ3n) is 4.66. The molecule has 0 fully saturated rings. The Balaban J connectivity index is 2.64. The van der Waals surface area contributed by atoms with Crippen LogP contribution in [0.2, 0.25) is 19.6 Å². The molecule has 0 heterocycles. The van der Waals surface area contributed by atoms with Crippen LogP contribution in [0.5, 0.6) is 0 Å². The zero-order valence-electron chi connectivity index (χ0n) is 17.7. The van der Waals surface area contributed by atoms with Crippen molar-refractivity contribution >= 4 is 8.32 Å². The van der Waals surface area contributed by atoms with Gasteiger partial charge in [0.2, 0.25) is 0 Å². The molecule has 0 saturated heterocycles. The molecule has 1 aliphatic carbocycles. The lowest BCUT2D eigenvalue weighted by Crippen LogP contribution is -2.25. The van der Waals surface area contributed by atoms with Gasteiger partial charge in [0.15, 0.2) is 8.32 Å². The van der Waals surface area contributed by atoms with E-state index < -0.39 is 8.32 Å². The molecule has 0 unspecified atom stereocenters. The molecule has 0 aliphatic heterocycles. The summed E-state index contributed by atoms with van der Waals surface area (Å²) in [6, 6.07) is 0. The molecule has 0 atom stereocenters. The Morgan fingerprint density at radius 1 is 1.20 bits per heavy atom. The second-order valence-corrected chi connectivity index (χ2v) is 13.4. The fraction of sp³-hybridized carbons (Fsp3) is 0.565. The van der Waals surface area contributed by atoms with Crippen molar-refractivity contribution in [2.24, 2.45) is 5.41 Å². The molecule has 0 radical (unpaired) electrons. The first-order valence-corrected chi connectivity index (χ1v) is 13.0. The molecular weight excluding hydrogens is 320 g/mol. The summed E-state index contributed by atoms with van der Waals surface area (Å²) in [5.74, 6) is 0. The molecule has 2 heteroatoms. The van der Waals surface area contributed by atoms with Gasteiger partial charge in [0.05, 0.1) is 0 Å². The smallest absolute Gasteiger partial charge is 0.183 e. The first-order chi connectivity index (χ1) is 11.5. The molecule has 25 heavy (non-hydrogen) atoms. The van der Waals surface area contributed by atoms with Crippen LogP contribution in [0.1, 0.15) is 53.9 Å². The lowest BCUT2D eigenvalue weighted by molar-refractivity contribution is 0.315. The third-order valence-corrected chi connectivity index (χ3v) is 5.73. The van der Waals surface area contributed by atoms with Gasteiger partial charge in [-0.3, -0.25) is 0 Å². The second-order valence-electron chi connectivity index (χ2n) is 8.88. The van der Waals surface area contributed by atoms with Gasteiger partial charge >= 0.3 is 0 Å². The van der Waals surface area contributed by atoms with E-state index in [4.69, 9.17) is 4.43 Å². The van der Waals surface area contributed by atoms with Crippen LogP contribution in [0, 0.1) is 5.41 Å². The Kier molecular flexibility index (Phi) is 8.36. The number of allylic oxidation sites excluding steroid dienone is 9. The lowest BCUT2D eigenvalue weighted by Gasteiger charge is -2.32. The largest absolute Gasteiger partial charge is 0.417 e. The summed E-state index contributed by atoms with van der Waals surface area (Å²) in [7, 11) is -1.38. The van der Waals surface area contributed by atoms with Gasteiger partial charge in [-0.15, -0.1) is 0 Å². The van der Waals surface area contributed by atoms with Crippen LogP contribution in [0.15, 0.2) is 58.7 Å². The summed E-state index contributed by atoms with van der Waals surface area (Å²) >= 11 is 0. The molecule has 0 saturated carbocycles. The molecule has 1 rings (SSSR count). The van der Waals surface area contributed by atoms with Gasteiger partial charge in [-0.1, -0.05) is 67.0 Å². The van der Waals surface area contributed by atoms with Crippen molar-refractivity contribution in [2.75, 3.05) is 6.61 Å². The van der Waals surface area contributed by atoms with Gasteiger partial charge in [0.1, 0.15) is 0 Å². The molecule has 0 aromatic carbocycles. The van der Waals surface area contributed by atoms with Gasteiger partial charge in [-0.05, 0) is 70.7 Å². The summed E-state index contributed by atoms with van der Waals surface area (Å²) in [4.78, 5) is 0. The Hall–Kier alpha value is -1.12. The highest BCUT2D eigenvalue weighted by molar-refractivity contribution is 6.69. The summed E-state index contributed by atoms with van der Waals surface area (Å²) in [5.41, 5.74) is 5.84. The maximum Gasteiger partial charge on any atom is 0.183 e. The zero-order chi connectivity index (χ0) is 19.1. The quantitative estimate of drug-likeness (QED) is 0.341. The summed E-state index contributed by atoms with van der Waals surface area (Å²) in [6.45, 7) is 18.8. The highest BCUT2D eigenvalue weighted by Gasteiger charge is 2.26. The Bertz CT molecular complexity index is 592. The summed E-state index contributed by atoms with van der Waals surface area (Å²) in [5, 5.41) is 0. The van der Waals surface area contributed by atoms with Crippen molar-refractivity contribution in [2.45, 2.75) is 73.5 Å². The van der Waals surface area contributed by atoms with Crippen molar-refractivity contribution in [1.82, 2.24) is 0 Å². The molecule has 0 amide bonds. The van der Waals surface area contributed by atoms with E-state index >= 15 is 0 Å². The normalized spacial score (nSPS) is 21.1. The second kappa shape index (κ2) is 9.54. The standard InChI is InChI=1S/C23H38OSi/c1-19(11-9-12-20(2)16-18-24-25(6,7)8)14-15-22-21(3)13-10-17-23(22,4)5/h9,11-15H,10,16-18H2,1-8H3/b11-9+,19-14+,20-12+,22-15-. The Morgan fingerprint density at radius 3 is 2.48 bits per heavy atom. The molecule has 0 aromatic rings. The molecule has 0 aromatic heterocycles. The van der Waals surface area contributed by atoms with Crippen molar-refractivity contribution in [1.29, 1.82) is 0 Å². The van der Waals surface area contributed by atoms with E-state index in [0.29, 0.717) is 0 Å². The minimum Gasteiger partial charge on any atom is -0.417 e. The average Bonchev–Trinajstić information content (AvgIpc) is 2.44. The van der Waals surface area contributed by atoms with Gasteiger partial charge in [-0.2, -0.15) is 0 Å². The van der Waals surface area contributed by atoms with Crippen LogP contribution in [-0.4, -0.2) is 14.9 Å². The minimum absolute atomic E-state index is 0.284. The summed E-state index contributed by atoms with van der Waals surface area (Å²) < 4.78 is 5.91. The van der Waals surface area contributed by atoms with E-state index in [-0.39, 0.29) is 5.41 Å². The van der Waals surface area contributed by atoms with Crippen LogP contribution in [0.4, 0.5) is 0 Å². The number of hydrogen-bond donors (Lipinski definition) is 0. The van der Waals surface area contributed by atoms with Crippen molar-refractivity contribution in [3.63, 3.8) is 0 Å². The predicted molar refractivity (Wildman–Crippen MR) is 115 cm³/mol. The highest BCUT2D eigenvalue weighted by Crippen LogP contribution is 2.40. The molecule has 1 aliphatic rings. The maximum absolute atomic E-state index is 5.91. The van der Waals surface area contributed by atoms with Crippen molar-refractivity contribution in [3.05, 3.63) is 58.7 Å². The molecule has 1 nitrogen and oxygen atoms in total. The Labute approximate surface area is 157 Å². The van der Waals surface area contributed by atoms with Crippen LogP contribution >= 0.6 is 0 Å². The topological polar surface area (TPSA) is 9.23 Å². The minimum atomic E-state index is -1.38. The molecule has 0 spiro atoms. The monoisotopic (exact) mass is 358 g/mol. The van der Waals surface area contributed by atoms with E-state index in [2.05, 4.69) is 90.7 Å². The van der Waals surface area contributed by atoms with E-state index in [9.17, 15) is 0 Å². The van der Waals surface area contributed by atoms with E-state index in [1.165, 1.54) is 35.1 Å². The van der Waals surface area contributed by atoms with Crippen molar-refractivity contribution in [3.8, 4) is 0 Å². The SMILES string of the molecule is CC1=CCCC(C)(C)\C1=C/C=C(C)/C=C/C=C(\C)CCO[Si](C)(C)C. The van der Waals surface area contributed by atoms with Crippen LogP contribution in [-0.2, 0) is 4.43 Å². The van der Waals surface area contributed by atoms with E-state index in [1.54, 1.807) is 0 Å². The van der Waals surface area contributed by atoms with Crippen molar-refractivity contribution < 1.29 is 4.43 Å². The fourth-order valence-corrected chi connectivity index (χ4v) is 3.74. The Morgan fingerprint density at radius 2 is 1.88 bits per heavy atom. The van der Waals surface area contributed by atoms with Gasteiger partial charge in [0, 0.05) is 6.61 Å². The lowest BCUT2D eigenvalue weighted by atomic mass is 9.73. The highest BCUT2D eigenvalue weighted by atomic mass is 28.4. The average molecular weight is 359 g/mol. The van der Waals surface area contributed by atoms with E-state index in [0.717, 1.165) is 13.0 Å². The van der Waals surface area contributed by atoms with Gasteiger partial charge in [-0.25, -0.2) is 0 Å². The maximum atomic E-state index is 5.91. The molecule has 0 N–H and O–H groups in total. The fourth-order valence-electron chi connectivity index (χ4n) is 3.02. The number of rotatable bonds is 7. The first-order valence-electron chi connectivity index (χ1n) is 9.55. The number of hydrogen-bond acceptors (Lipinski definition) is 1.